The zero-order valence-corrected chi connectivity index (χ0v) is 14.8. The van der Waals surface area contributed by atoms with Crippen LogP contribution in [0.2, 0.25) is 0 Å². The van der Waals surface area contributed by atoms with Gasteiger partial charge in [0.05, 0.1) is 23.3 Å². The van der Waals surface area contributed by atoms with E-state index in [-0.39, 0.29) is 36.1 Å². The SMILES string of the molecule is CC1=NC2CC3OC(C4CCC(C)CC4S(=O)(=O)O)=NC3CC2O1. The molecule has 7 nitrogen and oxygen atoms in total. The zero-order valence-electron chi connectivity index (χ0n) is 14.0. The summed E-state index contributed by atoms with van der Waals surface area (Å²) in [6.45, 7) is 3.88. The molecule has 1 N–H and O–H groups in total. The van der Waals surface area contributed by atoms with Crippen molar-refractivity contribution < 1.29 is 22.4 Å². The van der Waals surface area contributed by atoms with E-state index in [0.29, 0.717) is 18.7 Å². The van der Waals surface area contributed by atoms with Crippen LogP contribution in [0, 0.1) is 11.8 Å². The Labute approximate surface area is 142 Å². The lowest BCUT2D eigenvalue weighted by Gasteiger charge is -2.33. The second-order valence-electron chi connectivity index (χ2n) is 7.61. The van der Waals surface area contributed by atoms with Crippen LogP contribution in [-0.4, -0.2) is 54.3 Å². The topological polar surface area (TPSA) is 97.5 Å². The summed E-state index contributed by atoms with van der Waals surface area (Å²) >= 11 is 0. The van der Waals surface area contributed by atoms with Gasteiger partial charge in [-0.3, -0.25) is 4.55 Å². The van der Waals surface area contributed by atoms with Crippen molar-refractivity contribution in [2.75, 3.05) is 0 Å². The molecule has 134 valence electrons. The van der Waals surface area contributed by atoms with E-state index < -0.39 is 15.4 Å². The van der Waals surface area contributed by atoms with Gasteiger partial charge in [0.1, 0.15) is 12.2 Å². The van der Waals surface area contributed by atoms with Crippen molar-refractivity contribution in [3.05, 3.63) is 0 Å². The molecule has 4 rings (SSSR count). The maximum absolute atomic E-state index is 11.8. The highest BCUT2D eigenvalue weighted by atomic mass is 32.2. The highest BCUT2D eigenvalue weighted by Crippen LogP contribution is 2.40. The van der Waals surface area contributed by atoms with Crippen LogP contribution in [0.1, 0.15) is 46.0 Å². The summed E-state index contributed by atoms with van der Waals surface area (Å²) in [7, 11) is -4.11. The minimum atomic E-state index is -4.11. The number of aliphatic imine (C=N–C) groups is 2. The Balaban J connectivity index is 1.52. The van der Waals surface area contributed by atoms with Gasteiger partial charge in [0.25, 0.3) is 10.1 Å². The molecule has 0 aromatic heterocycles. The van der Waals surface area contributed by atoms with Crippen molar-refractivity contribution in [2.45, 2.75) is 75.5 Å². The lowest BCUT2D eigenvalue weighted by Crippen LogP contribution is -2.42. The molecule has 0 saturated heterocycles. The van der Waals surface area contributed by atoms with Gasteiger partial charge in [-0.15, -0.1) is 0 Å². The standard InChI is InChI=1S/C16H24N2O5S/c1-8-3-4-10(15(5-8)24(19,20)21)16-18-12-7-13-11(6-14(12)23-16)17-9(2)22-13/h8,10-15H,3-7H2,1-2H3,(H,19,20,21). The molecule has 4 aliphatic rings. The number of fused-ring (bicyclic) bond motifs is 2. The molecule has 2 saturated carbocycles. The van der Waals surface area contributed by atoms with Gasteiger partial charge < -0.3 is 9.47 Å². The van der Waals surface area contributed by atoms with Gasteiger partial charge in [-0.25, -0.2) is 9.98 Å². The number of ether oxygens (including phenoxy) is 2. The molecule has 7 unspecified atom stereocenters. The molecule has 2 aliphatic heterocycles. The Hall–Kier alpha value is -1.15. The lowest BCUT2D eigenvalue weighted by atomic mass is 9.82. The summed E-state index contributed by atoms with van der Waals surface area (Å²) in [5.41, 5.74) is 0. The normalized spacial score (nSPS) is 44.7. The maximum Gasteiger partial charge on any atom is 0.268 e. The van der Waals surface area contributed by atoms with E-state index in [1.165, 1.54) is 0 Å². The van der Waals surface area contributed by atoms with Crippen LogP contribution in [0.3, 0.4) is 0 Å². The van der Waals surface area contributed by atoms with Gasteiger partial charge in [0, 0.05) is 19.8 Å². The van der Waals surface area contributed by atoms with Gasteiger partial charge in [0.15, 0.2) is 11.8 Å². The summed E-state index contributed by atoms with van der Waals surface area (Å²) in [5.74, 6) is 1.18. The van der Waals surface area contributed by atoms with Gasteiger partial charge >= 0.3 is 0 Å². The molecule has 0 amide bonds. The molecule has 2 aliphatic carbocycles. The summed E-state index contributed by atoms with van der Waals surface area (Å²) in [4.78, 5) is 9.20. The van der Waals surface area contributed by atoms with Gasteiger partial charge in [-0.05, 0) is 25.2 Å². The van der Waals surface area contributed by atoms with Crippen molar-refractivity contribution in [3.8, 4) is 0 Å². The first kappa shape index (κ1) is 16.3. The predicted molar refractivity (Wildman–Crippen MR) is 88.9 cm³/mol. The second kappa shape index (κ2) is 5.69. The largest absolute Gasteiger partial charge is 0.476 e. The number of nitrogens with zero attached hydrogens (tertiary/aromatic N) is 2. The summed E-state index contributed by atoms with van der Waals surface area (Å²) in [6, 6.07) is 0.119. The minimum Gasteiger partial charge on any atom is -0.476 e. The molecule has 0 radical (unpaired) electrons. The van der Waals surface area contributed by atoms with Crippen LogP contribution < -0.4 is 0 Å². The summed E-state index contributed by atoms with van der Waals surface area (Å²) in [5, 5.41) is -0.809. The number of rotatable bonds is 2. The van der Waals surface area contributed by atoms with E-state index in [1.54, 1.807) is 0 Å². The Morgan fingerprint density at radius 1 is 1.04 bits per heavy atom. The highest BCUT2D eigenvalue weighted by Gasteiger charge is 2.49. The first-order valence-corrected chi connectivity index (χ1v) is 10.2. The molecule has 24 heavy (non-hydrogen) atoms. The van der Waals surface area contributed by atoms with E-state index in [9.17, 15) is 13.0 Å². The Kier molecular flexibility index (Phi) is 3.87. The van der Waals surface area contributed by atoms with Crippen LogP contribution >= 0.6 is 0 Å². The van der Waals surface area contributed by atoms with E-state index in [0.717, 1.165) is 25.2 Å². The van der Waals surface area contributed by atoms with E-state index in [4.69, 9.17) is 14.5 Å². The van der Waals surface area contributed by atoms with Crippen LogP contribution in [0.15, 0.2) is 9.98 Å². The number of hydrogen-bond donors (Lipinski definition) is 1. The first-order valence-electron chi connectivity index (χ1n) is 8.73. The fraction of sp³-hybridized carbons (Fsp3) is 0.875. The van der Waals surface area contributed by atoms with Gasteiger partial charge in [-0.2, -0.15) is 8.42 Å². The summed E-state index contributed by atoms with van der Waals surface area (Å²) < 4.78 is 45.1. The average Bonchev–Trinajstić information content (AvgIpc) is 3.04. The first-order chi connectivity index (χ1) is 11.3. The number of hydrogen-bond acceptors (Lipinski definition) is 6. The second-order valence-corrected chi connectivity index (χ2v) is 9.25. The lowest BCUT2D eigenvalue weighted by molar-refractivity contribution is 0.0678. The molecular formula is C16H24N2O5S. The molecule has 8 heteroatoms. The highest BCUT2D eigenvalue weighted by molar-refractivity contribution is 7.86. The van der Waals surface area contributed by atoms with Gasteiger partial charge in [0.2, 0.25) is 0 Å². The average molecular weight is 356 g/mol. The van der Waals surface area contributed by atoms with E-state index in [2.05, 4.69) is 4.99 Å². The molecular weight excluding hydrogens is 332 g/mol. The van der Waals surface area contributed by atoms with Crippen LogP contribution in [0.25, 0.3) is 0 Å². The molecule has 7 atom stereocenters. The predicted octanol–water partition coefficient (Wildman–Crippen LogP) is 1.82. The molecule has 0 aromatic rings. The van der Waals surface area contributed by atoms with E-state index in [1.807, 2.05) is 13.8 Å². The molecule has 2 heterocycles. The van der Waals surface area contributed by atoms with Gasteiger partial charge in [-0.1, -0.05) is 6.92 Å². The molecule has 0 spiro atoms. The van der Waals surface area contributed by atoms with Crippen molar-refractivity contribution in [1.82, 2.24) is 0 Å². The van der Waals surface area contributed by atoms with Crippen molar-refractivity contribution in [3.63, 3.8) is 0 Å². The van der Waals surface area contributed by atoms with Crippen LogP contribution in [-0.2, 0) is 19.6 Å². The van der Waals surface area contributed by atoms with Crippen LogP contribution in [0.5, 0.6) is 0 Å². The smallest absolute Gasteiger partial charge is 0.268 e. The van der Waals surface area contributed by atoms with Crippen molar-refractivity contribution >= 4 is 21.9 Å². The fourth-order valence-electron chi connectivity index (χ4n) is 4.57. The molecule has 0 aromatic carbocycles. The minimum absolute atomic E-state index is 0.00347. The van der Waals surface area contributed by atoms with Crippen molar-refractivity contribution in [1.29, 1.82) is 0 Å². The maximum atomic E-state index is 11.8. The fourth-order valence-corrected chi connectivity index (χ4v) is 5.81. The monoisotopic (exact) mass is 356 g/mol. The molecule has 2 fully saturated rings. The third-order valence-electron chi connectivity index (χ3n) is 5.79. The Morgan fingerprint density at radius 2 is 1.71 bits per heavy atom. The van der Waals surface area contributed by atoms with Crippen molar-refractivity contribution in [2.24, 2.45) is 21.8 Å². The third-order valence-corrected chi connectivity index (χ3v) is 7.08. The summed E-state index contributed by atoms with van der Waals surface area (Å²) in [6.07, 6.45) is 3.57. The van der Waals surface area contributed by atoms with Crippen LogP contribution in [0.4, 0.5) is 0 Å². The quantitative estimate of drug-likeness (QED) is 0.761. The third kappa shape index (κ3) is 2.83. The Morgan fingerprint density at radius 3 is 2.42 bits per heavy atom. The zero-order chi connectivity index (χ0) is 17.1. The Bertz CT molecular complexity index is 689. The van der Waals surface area contributed by atoms with E-state index >= 15 is 0 Å². The molecule has 0 bridgehead atoms.